The van der Waals surface area contributed by atoms with Crippen molar-refractivity contribution >= 4 is 27.6 Å². The summed E-state index contributed by atoms with van der Waals surface area (Å²) in [5.41, 5.74) is 0.433. The standard InChI is InChI=1S/C13H15BrN2O2/c1-2-9-8-16(6-5-12(9)17)13(18)11-4-3-10(14)7-15-11/h3-4,7,9H,2,5-6,8H2,1H3. The normalized spacial score (nSPS) is 20.0. The first kappa shape index (κ1) is 13.2. The Kier molecular flexibility index (Phi) is 4.11. The van der Waals surface area contributed by atoms with Crippen LogP contribution in [0.15, 0.2) is 22.8 Å². The highest BCUT2D eigenvalue weighted by Crippen LogP contribution is 2.18. The quantitative estimate of drug-likeness (QED) is 0.842. The van der Waals surface area contributed by atoms with Gasteiger partial charge in [-0.1, -0.05) is 6.92 Å². The molecule has 0 N–H and O–H groups in total. The molecular weight excluding hydrogens is 296 g/mol. The highest BCUT2D eigenvalue weighted by Gasteiger charge is 2.29. The Morgan fingerprint density at radius 3 is 2.94 bits per heavy atom. The molecule has 1 unspecified atom stereocenters. The van der Waals surface area contributed by atoms with Crippen molar-refractivity contribution in [3.05, 3.63) is 28.5 Å². The third-order valence-corrected chi connectivity index (χ3v) is 3.72. The summed E-state index contributed by atoms with van der Waals surface area (Å²) >= 11 is 3.29. The minimum absolute atomic E-state index is 0.0156. The minimum Gasteiger partial charge on any atom is -0.336 e. The Hall–Kier alpha value is -1.23. The monoisotopic (exact) mass is 310 g/mol. The second-order valence-electron chi connectivity index (χ2n) is 4.43. The SMILES string of the molecule is CCC1CN(C(=O)c2ccc(Br)cn2)CCC1=O. The Balaban J connectivity index is 2.10. The van der Waals surface area contributed by atoms with Crippen LogP contribution in [0, 0.1) is 5.92 Å². The molecule has 1 aromatic rings. The Bertz CT molecular complexity index is 459. The van der Waals surface area contributed by atoms with E-state index in [1.54, 1.807) is 23.2 Å². The summed E-state index contributed by atoms with van der Waals surface area (Å²) in [6.07, 6.45) is 2.86. The average molecular weight is 311 g/mol. The molecule has 96 valence electrons. The van der Waals surface area contributed by atoms with Crippen molar-refractivity contribution in [1.82, 2.24) is 9.88 Å². The van der Waals surface area contributed by atoms with Gasteiger partial charge < -0.3 is 4.90 Å². The van der Waals surface area contributed by atoms with Gasteiger partial charge in [-0.2, -0.15) is 0 Å². The first-order valence-corrected chi connectivity index (χ1v) is 6.84. The maximum absolute atomic E-state index is 12.2. The predicted molar refractivity (Wildman–Crippen MR) is 71.2 cm³/mol. The van der Waals surface area contributed by atoms with Crippen LogP contribution < -0.4 is 0 Å². The van der Waals surface area contributed by atoms with E-state index in [2.05, 4.69) is 20.9 Å². The molecule has 5 heteroatoms. The van der Waals surface area contributed by atoms with E-state index in [1.807, 2.05) is 6.92 Å². The van der Waals surface area contributed by atoms with Crippen LogP contribution in [0.25, 0.3) is 0 Å². The molecule has 1 saturated heterocycles. The topological polar surface area (TPSA) is 50.3 Å². The van der Waals surface area contributed by atoms with Crippen LogP contribution in [0.3, 0.4) is 0 Å². The van der Waals surface area contributed by atoms with Crippen molar-refractivity contribution in [1.29, 1.82) is 0 Å². The number of aromatic nitrogens is 1. The molecule has 18 heavy (non-hydrogen) atoms. The van der Waals surface area contributed by atoms with E-state index in [0.717, 1.165) is 10.9 Å². The van der Waals surface area contributed by atoms with Gasteiger partial charge in [-0.3, -0.25) is 9.59 Å². The van der Waals surface area contributed by atoms with Crippen LogP contribution in [-0.2, 0) is 4.79 Å². The van der Waals surface area contributed by atoms with Crippen LogP contribution in [0.1, 0.15) is 30.3 Å². The number of ketones is 1. The van der Waals surface area contributed by atoms with Gasteiger partial charge in [-0.25, -0.2) is 4.98 Å². The third-order valence-electron chi connectivity index (χ3n) is 3.25. The lowest BCUT2D eigenvalue weighted by Crippen LogP contribution is -2.44. The molecule has 1 fully saturated rings. The largest absolute Gasteiger partial charge is 0.336 e. The molecule has 0 saturated carbocycles. The number of pyridine rings is 1. The molecule has 0 radical (unpaired) electrons. The number of hydrogen-bond donors (Lipinski definition) is 0. The second-order valence-corrected chi connectivity index (χ2v) is 5.35. The van der Waals surface area contributed by atoms with Gasteiger partial charge in [0.15, 0.2) is 0 Å². The van der Waals surface area contributed by atoms with Gasteiger partial charge in [0.05, 0.1) is 0 Å². The van der Waals surface area contributed by atoms with Crippen molar-refractivity contribution in [2.75, 3.05) is 13.1 Å². The number of halogens is 1. The number of nitrogens with zero attached hydrogens (tertiary/aromatic N) is 2. The minimum atomic E-state index is -0.0894. The number of carbonyl (C=O) groups excluding carboxylic acids is 2. The summed E-state index contributed by atoms with van der Waals surface area (Å²) in [4.78, 5) is 29.7. The lowest BCUT2D eigenvalue weighted by molar-refractivity contribution is -0.125. The fourth-order valence-corrected chi connectivity index (χ4v) is 2.35. The summed E-state index contributed by atoms with van der Waals surface area (Å²) < 4.78 is 0.847. The van der Waals surface area contributed by atoms with Crippen molar-refractivity contribution in [2.45, 2.75) is 19.8 Å². The number of hydrogen-bond acceptors (Lipinski definition) is 3. The van der Waals surface area contributed by atoms with Crippen LogP contribution in [0.2, 0.25) is 0 Å². The second kappa shape index (κ2) is 5.61. The van der Waals surface area contributed by atoms with Gasteiger partial charge in [-0.15, -0.1) is 0 Å². The van der Waals surface area contributed by atoms with Crippen molar-refractivity contribution in [2.24, 2.45) is 5.92 Å². The number of carbonyl (C=O) groups is 2. The summed E-state index contributed by atoms with van der Waals surface area (Å²) in [7, 11) is 0. The fourth-order valence-electron chi connectivity index (χ4n) is 2.11. The van der Waals surface area contributed by atoms with Crippen LogP contribution in [0.4, 0.5) is 0 Å². The first-order chi connectivity index (χ1) is 8.61. The van der Waals surface area contributed by atoms with Gasteiger partial charge in [0.1, 0.15) is 11.5 Å². The molecule has 2 heterocycles. The maximum Gasteiger partial charge on any atom is 0.272 e. The lowest BCUT2D eigenvalue weighted by Gasteiger charge is -2.31. The molecule has 1 atom stereocenters. The summed E-state index contributed by atoms with van der Waals surface area (Å²) in [6.45, 7) is 3.01. The number of Topliss-reactive ketones (excluding diaryl/α,β-unsaturated/α-hetero) is 1. The lowest BCUT2D eigenvalue weighted by atomic mass is 9.94. The average Bonchev–Trinajstić information content (AvgIpc) is 2.39. The molecule has 1 aromatic heterocycles. The molecule has 4 nitrogen and oxygen atoms in total. The predicted octanol–water partition coefficient (Wildman–Crippen LogP) is 2.29. The molecule has 1 amide bonds. The van der Waals surface area contributed by atoms with E-state index in [-0.39, 0.29) is 17.6 Å². The number of piperidine rings is 1. The van der Waals surface area contributed by atoms with Crippen LogP contribution >= 0.6 is 15.9 Å². The van der Waals surface area contributed by atoms with E-state index in [0.29, 0.717) is 25.2 Å². The van der Waals surface area contributed by atoms with Crippen molar-refractivity contribution in [3.8, 4) is 0 Å². The Morgan fingerprint density at radius 2 is 2.33 bits per heavy atom. The molecule has 1 aliphatic rings. The zero-order valence-electron chi connectivity index (χ0n) is 10.2. The highest BCUT2D eigenvalue weighted by molar-refractivity contribution is 9.10. The molecule has 2 rings (SSSR count). The molecule has 0 spiro atoms. The van der Waals surface area contributed by atoms with E-state index in [1.165, 1.54) is 0 Å². The maximum atomic E-state index is 12.2. The van der Waals surface area contributed by atoms with E-state index in [9.17, 15) is 9.59 Å². The van der Waals surface area contributed by atoms with E-state index in [4.69, 9.17) is 0 Å². The molecule has 0 aliphatic carbocycles. The summed E-state index contributed by atoms with van der Waals surface area (Å²) in [6, 6.07) is 3.50. The summed E-state index contributed by atoms with van der Waals surface area (Å²) in [5.74, 6) is 0.164. The van der Waals surface area contributed by atoms with Gasteiger partial charge in [-0.05, 0) is 34.5 Å². The smallest absolute Gasteiger partial charge is 0.272 e. The highest BCUT2D eigenvalue weighted by atomic mass is 79.9. The Morgan fingerprint density at radius 1 is 1.56 bits per heavy atom. The number of rotatable bonds is 2. The summed E-state index contributed by atoms with van der Waals surface area (Å²) in [5, 5.41) is 0. The fraction of sp³-hybridized carbons (Fsp3) is 0.462. The van der Waals surface area contributed by atoms with E-state index < -0.39 is 0 Å². The van der Waals surface area contributed by atoms with Crippen LogP contribution in [0.5, 0.6) is 0 Å². The van der Waals surface area contributed by atoms with Gasteiger partial charge in [0.2, 0.25) is 0 Å². The Labute approximate surface area is 115 Å². The number of amides is 1. The first-order valence-electron chi connectivity index (χ1n) is 6.05. The zero-order valence-corrected chi connectivity index (χ0v) is 11.8. The molecule has 0 aromatic carbocycles. The van der Waals surface area contributed by atoms with Crippen LogP contribution in [-0.4, -0.2) is 34.7 Å². The van der Waals surface area contributed by atoms with Crippen molar-refractivity contribution < 1.29 is 9.59 Å². The molecular formula is C13H15BrN2O2. The molecule has 0 bridgehead atoms. The van der Waals surface area contributed by atoms with Gasteiger partial charge >= 0.3 is 0 Å². The van der Waals surface area contributed by atoms with Crippen molar-refractivity contribution in [3.63, 3.8) is 0 Å². The van der Waals surface area contributed by atoms with Gasteiger partial charge in [0, 0.05) is 36.1 Å². The molecule has 1 aliphatic heterocycles. The third kappa shape index (κ3) is 2.77. The van der Waals surface area contributed by atoms with E-state index >= 15 is 0 Å². The number of likely N-dealkylation sites (tertiary alicyclic amines) is 1. The zero-order chi connectivity index (χ0) is 13.1. The van der Waals surface area contributed by atoms with Gasteiger partial charge in [0.25, 0.3) is 5.91 Å².